The molecular formula is C8H16N6O. The Kier molecular flexibility index (Phi) is 4.58. The van der Waals surface area contributed by atoms with Crippen molar-refractivity contribution in [3.8, 4) is 0 Å². The quantitative estimate of drug-likeness (QED) is 0.202. The summed E-state index contributed by atoms with van der Waals surface area (Å²) in [5, 5.41) is 6.99. The van der Waals surface area contributed by atoms with Gasteiger partial charge >= 0.3 is 0 Å². The average molecular weight is 212 g/mol. The first kappa shape index (κ1) is 11.5. The minimum atomic E-state index is 0.486. The number of aromatic nitrogens is 2. The Morgan fingerprint density at radius 3 is 3.07 bits per heavy atom. The van der Waals surface area contributed by atoms with Gasteiger partial charge in [0.2, 0.25) is 5.96 Å². The van der Waals surface area contributed by atoms with Gasteiger partial charge in [-0.3, -0.25) is 10.1 Å². The Labute approximate surface area is 88.3 Å². The zero-order valence-electron chi connectivity index (χ0n) is 8.90. The lowest BCUT2D eigenvalue weighted by atomic mass is 10.5. The van der Waals surface area contributed by atoms with Gasteiger partial charge in [0.15, 0.2) is 0 Å². The largest absolute Gasteiger partial charge is 0.383 e. The molecule has 0 atom stereocenters. The predicted octanol–water partition coefficient (Wildman–Crippen LogP) is -0.702. The van der Waals surface area contributed by atoms with Gasteiger partial charge in [-0.1, -0.05) is 0 Å². The molecule has 0 aliphatic carbocycles. The van der Waals surface area contributed by atoms with Crippen molar-refractivity contribution >= 4 is 11.6 Å². The lowest BCUT2D eigenvalue weighted by Crippen LogP contribution is -2.36. The van der Waals surface area contributed by atoms with E-state index >= 15 is 0 Å². The van der Waals surface area contributed by atoms with Gasteiger partial charge in [0.05, 0.1) is 25.0 Å². The number of nitrogens with zero attached hydrogens (tertiary/aromatic N) is 3. The van der Waals surface area contributed by atoms with Crippen molar-refractivity contribution in [2.75, 3.05) is 25.6 Å². The fourth-order valence-electron chi connectivity index (χ4n) is 0.992. The highest BCUT2D eigenvalue weighted by molar-refractivity contribution is 5.92. The Balaban J connectivity index is 2.49. The molecule has 7 heteroatoms. The normalized spacial score (nSPS) is 11.5. The van der Waals surface area contributed by atoms with Gasteiger partial charge < -0.3 is 10.1 Å². The molecule has 0 amide bonds. The van der Waals surface area contributed by atoms with E-state index in [1.54, 1.807) is 18.0 Å². The fraction of sp³-hybridized carbons (Fsp3) is 0.500. The summed E-state index contributed by atoms with van der Waals surface area (Å²) in [5.74, 6) is 5.78. The molecule has 0 bridgehead atoms. The predicted molar refractivity (Wildman–Crippen MR) is 58.3 cm³/mol. The summed E-state index contributed by atoms with van der Waals surface area (Å²) in [6, 6.07) is 0. The molecule has 0 saturated heterocycles. The number of hydrogen-bond donors (Lipinski definition) is 3. The third kappa shape index (κ3) is 3.96. The Bertz CT molecular complexity index is 321. The van der Waals surface area contributed by atoms with Crippen LogP contribution in [0.3, 0.4) is 0 Å². The summed E-state index contributed by atoms with van der Waals surface area (Å²) in [6.07, 6.45) is 3.51. The monoisotopic (exact) mass is 212 g/mol. The number of anilines is 1. The second kappa shape index (κ2) is 5.99. The number of hydrogen-bond acceptors (Lipinski definition) is 4. The van der Waals surface area contributed by atoms with Crippen LogP contribution >= 0.6 is 0 Å². The maximum atomic E-state index is 5.30. The Morgan fingerprint density at radius 1 is 1.73 bits per heavy atom. The van der Waals surface area contributed by atoms with E-state index < -0.39 is 0 Å². The van der Waals surface area contributed by atoms with Crippen molar-refractivity contribution in [1.29, 1.82) is 0 Å². The molecule has 7 nitrogen and oxygen atoms in total. The first-order valence-electron chi connectivity index (χ1n) is 4.52. The van der Waals surface area contributed by atoms with Crippen LogP contribution < -0.4 is 16.6 Å². The van der Waals surface area contributed by atoms with E-state index in [1.165, 1.54) is 0 Å². The summed E-state index contributed by atoms with van der Waals surface area (Å²) in [5.41, 5.74) is 3.29. The summed E-state index contributed by atoms with van der Waals surface area (Å²) in [6.45, 7) is 1.10. The van der Waals surface area contributed by atoms with Crippen molar-refractivity contribution in [2.24, 2.45) is 17.9 Å². The highest BCUT2D eigenvalue weighted by Crippen LogP contribution is 2.02. The molecule has 0 spiro atoms. The number of hydrazine groups is 1. The molecule has 0 radical (unpaired) electrons. The van der Waals surface area contributed by atoms with Crippen molar-refractivity contribution in [3.63, 3.8) is 0 Å². The van der Waals surface area contributed by atoms with Crippen molar-refractivity contribution in [1.82, 2.24) is 15.2 Å². The minimum absolute atomic E-state index is 0.486. The Morgan fingerprint density at radius 2 is 2.53 bits per heavy atom. The number of nitrogens with two attached hydrogens (primary N) is 1. The molecule has 0 aliphatic rings. The molecule has 0 unspecified atom stereocenters. The van der Waals surface area contributed by atoms with Gasteiger partial charge in [-0.05, 0) is 0 Å². The van der Waals surface area contributed by atoms with Crippen LogP contribution in [-0.4, -0.2) is 36.0 Å². The van der Waals surface area contributed by atoms with Gasteiger partial charge in [0.25, 0.3) is 0 Å². The zero-order chi connectivity index (χ0) is 11.1. The van der Waals surface area contributed by atoms with E-state index in [4.69, 9.17) is 10.6 Å². The first-order valence-corrected chi connectivity index (χ1v) is 4.52. The molecule has 84 valence electrons. The standard InChI is InChI=1S/C8H16N6O/c1-14-6-7(5-11-14)12-8(13-9)10-3-4-15-2/h5-6H,3-4,9H2,1-2H3,(H2,10,12,13). The molecule has 0 aliphatic heterocycles. The van der Waals surface area contributed by atoms with Gasteiger partial charge in [-0.15, -0.1) is 0 Å². The smallest absolute Gasteiger partial charge is 0.210 e. The van der Waals surface area contributed by atoms with E-state index in [0.717, 1.165) is 5.69 Å². The highest BCUT2D eigenvalue weighted by atomic mass is 16.5. The van der Waals surface area contributed by atoms with Gasteiger partial charge in [-0.2, -0.15) is 5.10 Å². The van der Waals surface area contributed by atoms with E-state index in [9.17, 15) is 0 Å². The number of ether oxygens (including phenoxy) is 1. The van der Waals surface area contributed by atoms with Gasteiger partial charge in [0, 0.05) is 20.4 Å². The lowest BCUT2D eigenvalue weighted by Gasteiger charge is -2.06. The van der Waals surface area contributed by atoms with Crippen LogP contribution in [0, 0.1) is 0 Å². The van der Waals surface area contributed by atoms with E-state index in [1.807, 2.05) is 13.2 Å². The molecule has 1 rings (SSSR count). The van der Waals surface area contributed by atoms with Crippen LogP contribution in [0.25, 0.3) is 0 Å². The van der Waals surface area contributed by atoms with Crippen LogP contribution in [-0.2, 0) is 11.8 Å². The second-order valence-electron chi connectivity index (χ2n) is 2.90. The Hall–Kier alpha value is -1.60. The van der Waals surface area contributed by atoms with E-state index in [2.05, 4.69) is 20.8 Å². The minimum Gasteiger partial charge on any atom is -0.383 e. The summed E-state index contributed by atoms with van der Waals surface area (Å²) >= 11 is 0. The molecule has 0 aromatic carbocycles. The fourth-order valence-corrected chi connectivity index (χ4v) is 0.992. The third-order valence-corrected chi connectivity index (χ3v) is 1.67. The van der Waals surface area contributed by atoms with Crippen LogP contribution in [0.1, 0.15) is 0 Å². The summed E-state index contributed by atoms with van der Waals surface area (Å²) in [4.78, 5) is 4.14. The second-order valence-corrected chi connectivity index (χ2v) is 2.90. The molecule has 4 N–H and O–H groups in total. The van der Waals surface area contributed by atoms with Crippen LogP contribution in [0.2, 0.25) is 0 Å². The number of rotatable bonds is 4. The highest BCUT2D eigenvalue weighted by Gasteiger charge is 1.99. The third-order valence-electron chi connectivity index (χ3n) is 1.67. The number of methoxy groups -OCH3 is 1. The molecule has 1 aromatic heterocycles. The maximum absolute atomic E-state index is 5.30. The number of guanidine groups is 1. The molecule has 0 saturated carbocycles. The average Bonchev–Trinajstić information content (AvgIpc) is 2.63. The summed E-state index contributed by atoms with van der Waals surface area (Å²) in [7, 11) is 3.46. The molecule has 1 heterocycles. The van der Waals surface area contributed by atoms with Crippen LogP contribution in [0.4, 0.5) is 5.69 Å². The molecule has 0 fully saturated rings. The van der Waals surface area contributed by atoms with Crippen LogP contribution in [0.15, 0.2) is 17.4 Å². The number of nitrogens with one attached hydrogen (secondary N) is 2. The van der Waals surface area contributed by atoms with Gasteiger partial charge in [0.1, 0.15) is 0 Å². The zero-order valence-corrected chi connectivity index (χ0v) is 8.90. The van der Waals surface area contributed by atoms with Crippen molar-refractivity contribution in [2.45, 2.75) is 0 Å². The van der Waals surface area contributed by atoms with E-state index in [0.29, 0.717) is 19.1 Å². The SMILES string of the molecule is COCCN=C(NN)Nc1cnn(C)c1. The molecular weight excluding hydrogens is 196 g/mol. The van der Waals surface area contributed by atoms with Crippen molar-refractivity contribution in [3.05, 3.63) is 12.4 Å². The molecule has 15 heavy (non-hydrogen) atoms. The van der Waals surface area contributed by atoms with Crippen LogP contribution in [0.5, 0.6) is 0 Å². The summed E-state index contributed by atoms with van der Waals surface area (Å²) < 4.78 is 6.56. The molecule has 1 aromatic rings. The maximum Gasteiger partial charge on any atom is 0.210 e. The van der Waals surface area contributed by atoms with E-state index in [-0.39, 0.29) is 0 Å². The lowest BCUT2D eigenvalue weighted by molar-refractivity contribution is 0.208. The topological polar surface area (TPSA) is 89.5 Å². The number of aliphatic imine (C=N–C) groups is 1. The first-order chi connectivity index (χ1) is 7.26. The van der Waals surface area contributed by atoms with Crippen molar-refractivity contribution < 1.29 is 4.74 Å². The number of aryl methyl sites for hydroxylation is 1. The van der Waals surface area contributed by atoms with Gasteiger partial charge in [-0.25, -0.2) is 10.8 Å².